The highest BCUT2D eigenvalue weighted by molar-refractivity contribution is 5.71. The molecule has 5 saturated carbocycles. The van der Waals surface area contributed by atoms with Gasteiger partial charge in [-0.3, -0.25) is 27.9 Å². The van der Waals surface area contributed by atoms with Crippen molar-refractivity contribution in [2.45, 2.75) is 136 Å². The summed E-state index contributed by atoms with van der Waals surface area (Å²) in [5.41, 5.74) is 1.19. The van der Waals surface area contributed by atoms with Crippen molar-refractivity contribution < 1.29 is 4.74 Å². The number of ether oxygens (including phenoxy) is 1. The summed E-state index contributed by atoms with van der Waals surface area (Å²) >= 11 is 0. The van der Waals surface area contributed by atoms with Crippen LogP contribution in [0.1, 0.15) is 109 Å². The Morgan fingerprint density at radius 1 is 0.560 bits per heavy atom. The van der Waals surface area contributed by atoms with Crippen molar-refractivity contribution in [3.8, 4) is 0 Å². The van der Waals surface area contributed by atoms with Crippen molar-refractivity contribution in [1.82, 2.24) is 38.2 Å². The van der Waals surface area contributed by atoms with Gasteiger partial charge in [0.25, 0.3) is 11.1 Å². The molecule has 0 aromatic carbocycles. The Morgan fingerprint density at radius 2 is 1.04 bits per heavy atom. The molecule has 0 amide bonds. The summed E-state index contributed by atoms with van der Waals surface area (Å²) in [4.78, 5) is 67.4. The number of hydrogen-bond donors (Lipinski definition) is 2. The topological polar surface area (TPSA) is 158 Å². The summed E-state index contributed by atoms with van der Waals surface area (Å²) in [6.45, 7) is 10.1. The predicted molar refractivity (Wildman–Crippen MR) is 189 cm³/mol. The smallest absolute Gasteiger partial charge is 0.332 e. The van der Waals surface area contributed by atoms with Crippen LogP contribution in [0.4, 0.5) is 0 Å². The lowest BCUT2D eigenvalue weighted by Crippen LogP contribution is -2.40. The first kappa shape index (κ1) is 32.2. The number of rotatable bonds is 10. The van der Waals surface area contributed by atoms with Gasteiger partial charge in [-0.15, -0.1) is 0 Å². The fraction of sp³-hybridized carbons (Fsp3) is 0.730. The number of aromatic nitrogens is 8. The molecule has 10 rings (SSSR count). The van der Waals surface area contributed by atoms with Gasteiger partial charge in [0.05, 0.1) is 12.2 Å². The Morgan fingerprint density at radius 3 is 1.50 bits per heavy atom. The molecular formula is C37H50N8O5. The SMILES string of the molecule is CCCn1c(=O)c2[nH]c(C3CC4CC3C3CC43)nc2n(CCC)c1=O.CCCn1c(=O)c2[nH]c(C3CC4CC3C3OC43)nc2n(CCC)c1=O. The van der Waals surface area contributed by atoms with E-state index in [0.717, 1.165) is 67.4 Å². The molecule has 10 unspecified atom stereocenters. The minimum absolute atomic E-state index is 0.208. The first-order chi connectivity index (χ1) is 24.3. The standard InChI is InChI=1S/C19H26N4O2.C18H24N4O3/c1-3-5-22-17-15(18(24)23(6-4-2)19(22)25)20-16(21-17)14-8-10-7-12(14)13-9-11(10)13;1-3-5-21-16-12(17(23)22(6-4-2)18(21)24)19-15(20-16)11-8-9-7-10(11)14-13(9)25-14/h10-14H,3-9H2,1-2H3,(H,20,21);9-11,13-14H,3-8H2,1-2H3,(H,19,20). The first-order valence-electron chi connectivity index (χ1n) is 19.4. The van der Waals surface area contributed by atoms with E-state index in [2.05, 4.69) is 9.97 Å². The number of epoxide rings is 1. The quantitative estimate of drug-likeness (QED) is 0.238. The van der Waals surface area contributed by atoms with Crippen LogP contribution in [0.3, 0.4) is 0 Å². The van der Waals surface area contributed by atoms with E-state index in [1.165, 1.54) is 34.8 Å². The number of hydrogen-bond acceptors (Lipinski definition) is 7. The molecule has 6 aliphatic rings. The average Bonchev–Trinajstić information content (AvgIpc) is 3.63. The van der Waals surface area contributed by atoms with Gasteiger partial charge in [0.15, 0.2) is 11.3 Å². The number of aryl methyl sites for hydroxylation is 2. The Hall–Kier alpha value is -3.74. The van der Waals surface area contributed by atoms with Gasteiger partial charge in [0.2, 0.25) is 0 Å². The maximum absolute atomic E-state index is 12.8. The maximum Gasteiger partial charge on any atom is 0.332 e. The van der Waals surface area contributed by atoms with E-state index in [1.54, 1.807) is 9.13 Å². The number of fused-ring (bicyclic) bond motifs is 12. The highest BCUT2D eigenvalue weighted by atomic mass is 16.6. The minimum atomic E-state index is -0.239. The summed E-state index contributed by atoms with van der Waals surface area (Å²) in [7, 11) is 0. The van der Waals surface area contributed by atoms with E-state index in [4.69, 9.17) is 14.7 Å². The highest BCUT2D eigenvalue weighted by Crippen LogP contribution is 2.69. The van der Waals surface area contributed by atoms with Crippen LogP contribution in [0.5, 0.6) is 0 Å². The van der Waals surface area contributed by atoms with Crippen LogP contribution < -0.4 is 22.5 Å². The van der Waals surface area contributed by atoms with Gasteiger partial charge < -0.3 is 14.7 Å². The van der Waals surface area contributed by atoms with Gasteiger partial charge in [0, 0.05) is 38.0 Å². The van der Waals surface area contributed by atoms with Crippen LogP contribution in [0, 0.1) is 35.5 Å². The van der Waals surface area contributed by atoms with Crippen LogP contribution in [0.2, 0.25) is 0 Å². The third kappa shape index (κ3) is 4.74. The molecule has 1 aliphatic heterocycles. The number of aromatic amines is 2. The van der Waals surface area contributed by atoms with Crippen molar-refractivity contribution in [2.75, 3.05) is 0 Å². The number of nitrogens with zero attached hydrogens (tertiary/aromatic N) is 6. The molecule has 5 heterocycles. The zero-order valence-corrected chi connectivity index (χ0v) is 29.7. The summed E-state index contributed by atoms with van der Waals surface area (Å²) in [6, 6.07) is 0. The normalized spacial score (nSPS) is 32.5. The lowest BCUT2D eigenvalue weighted by Gasteiger charge is -2.18. The summed E-state index contributed by atoms with van der Waals surface area (Å²) in [6.07, 6.45) is 10.3. The molecule has 10 atom stereocenters. The molecule has 50 heavy (non-hydrogen) atoms. The van der Waals surface area contributed by atoms with Crippen molar-refractivity contribution in [1.29, 1.82) is 0 Å². The van der Waals surface area contributed by atoms with Crippen LogP contribution >= 0.6 is 0 Å². The molecular weight excluding hydrogens is 636 g/mol. The second-order valence-electron chi connectivity index (χ2n) is 16.1. The Kier molecular flexibility index (Phi) is 7.67. The highest BCUT2D eigenvalue weighted by Gasteiger charge is 2.64. The van der Waals surface area contributed by atoms with Crippen molar-refractivity contribution in [2.24, 2.45) is 35.5 Å². The van der Waals surface area contributed by atoms with Gasteiger partial charge in [-0.2, -0.15) is 0 Å². The molecule has 5 aliphatic carbocycles. The van der Waals surface area contributed by atoms with Gasteiger partial charge in [-0.25, -0.2) is 19.6 Å². The average molecular weight is 687 g/mol. The van der Waals surface area contributed by atoms with Crippen molar-refractivity contribution in [3.05, 3.63) is 53.3 Å². The first-order valence-corrected chi connectivity index (χ1v) is 19.4. The largest absolute Gasteiger partial charge is 0.369 e. The zero-order chi connectivity index (χ0) is 34.6. The third-order valence-electron chi connectivity index (χ3n) is 13.0. The van der Waals surface area contributed by atoms with Crippen LogP contribution in [0.25, 0.3) is 22.3 Å². The maximum atomic E-state index is 12.8. The Bertz CT molecular complexity index is 2060. The number of nitrogens with one attached hydrogen (secondary N) is 2. The van der Waals surface area contributed by atoms with Gasteiger partial charge in [0.1, 0.15) is 22.7 Å². The van der Waals surface area contributed by atoms with E-state index in [0.29, 0.717) is 84.4 Å². The molecule has 4 aromatic heterocycles. The number of imidazole rings is 2. The molecule has 4 aromatic rings. The molecule has 13 nitrogen and oxygen atoms in total. The van der Waals surface area contributed by atoms with E-state index in [-0.39, 0.29) is 22.5 Å². The molecule has 6 fully saturated rings. The summed E-state index contributed by atoms with van der Waals surface area (Å²) in [5, 5.41) is 0. The third-order valence-corrected chi connectivity index (χ3v) is 13.0. The lowest BCUT2D eigenvalue weighted by molar-refractivity contribution is 0.260. The van der Waals surface area contributed by atoms with Crippen molar-refractivity contribution in [3.63, 3.8) is 0 Å². The monoisotopic (exact) mass is 686 g/mol. The zero-order valence-electron chi connectivity index (χ0n) is 29.7. The van der Waals surface area contributed by atoms with E-state index < -0.39 is 0 Å². The molecule has 0 spiro atoms. The Labute approximate surface area is 289 Å². The van der Waals surface area contributed by atoms with E-state index in [9.17, 15) is 19.2 Å². The van der Waals surface area contributed by atoms with Crippen LogP contribution in [0.15, 0.2) is 19.2 Å². The van der Waals surface area contributed by atoms with E-state index >= 15 is 0 Å². The van der Waals surface area contributed by atoms with Crippen molar-refractivity contribution >= 4 is 22.3 Å². The molecule has 13 heteroatoms. The molecule has 1 saturated heterocycles. The van der Waals surface area contributed by atoms with Crippen LogP contribution in [-0.4, -0.2) is 50.4 Å². The number of H-pyrrole nitrogens is 2. The molecule has 0 radical (unpaired) electrons. The van der Waals surface area contributed by atoms with Gasteiger partial charge in [-0.1, -0.05) is 27.7 Å². The predicted octanol–water partition coefficient (Wildman–Crippen LogP) is 4.06. The fourth-order valence-corrected chi connectivity index (χ4v) is 10.8. The minimum Gasteiger partial charge on any atom is -0.369 e. The molecule has 4 bridgehead atoms. The lowest BCUT2D eigenvalue weighted by atomic mass is 9.88. The second-order valence-corrected chi connectivity index (χ2v) is 16.1. The summed E-state index contributed by atoms with van der Waals surface area (Å²) in [5.74, 6) is 7.22. The van der Waals surface area contributed by atoms with E-state index in [1.807, 2.05) is 27.7 Å². The summed E-state index contributed by atoms with van der Waals surface area (Å²) < 4.78 is 11.8. The fourth-order valence-electron chi connectivity index (χ4n) is 10.8. The second kappa shape index (κ2) is 11.9. The molecule has 2 N–H and O–H groups in total. The van der Waals surface area contributed by atoms with Gasteiger partial charge >= 0.3 is 11.4 Å². The molecule has 268 valence electrons. The Balaban J connectivity index is 0.000000135. The van der Waals surface area contributed by atoms with Gasteiger partial charge in [-0.05, 0) is 93.3 Å². The van der Waals surface area contributed by atoms with Crippen LogP contribution in [-0.2, 0) is 30.9 Å².